The van der Waals surface area contributed by atoms with Gasteiger partial charge in [-0.1, -0.05) is 84.9 Å². The maximum atomic E-state index is 2.30. The molecule has 3 aromatic carbocycles. The van der Waals surface area contributed by atoms with Crippen LogP contribution in [0, 0.1) is 0 Å². The fourth-order valence-corrected chi connectivity index (χ4v) is 3.10. The highest BCUT2D eigenvalue weighted by Crippen LogP contribution is 2.16. The van der Waals surface area contributed by atoms with Gasteiger partial charge in [0.05, 0.1) is 0 Å². The lowest BCUT2D eigenvalue weighted by molar-refractivity contribution is 0.804. The number of aryl methyl sites for hydroxylation is 4. The molecule has 0 heteroatoms. The first kappa shape index (κ1) is 15.6. The summed E-state index contributed by atoms with van der Waals surface area (Å²) in [5.41, 5.74) is 5.88. The van der Waals surface area contributed by atoms with Crippen molar-refractivity contribution < 1.29 is 0 Å². The minimum Gasteiger partial charge on any atom is -0.0622 e. The Morgan fingerprint density at radius 2 is 0.870 bits per heavy atom. The Balaban J connectivity index is 1.57. The molecule has 0 saturated heterocycles. The Morgan fingerprint density at radius 1 is 0.391 bits per heavy atom. The van der Waals surface area contributed by atoms with E-state index in [0.29, 0.717) is 0 Å². The van der Waals surface area contributed by atoms with Crippen LogP contribution >= 0.6 is 0 Å². The average Bonchev–Trinajstić information content (AvgIpc) is 2.63. The normalized spacial score (nSPS) is 10.6. The molecule has 0 aromatic heterocycles. The largest absolute Gasteiger partial charge is 0.0622 e. The molecule has 0 aliphatic heterocycles. The molecule has 3 aromatic rings. The van der Waals surface area contributed by atoms with Crippen LogP contribution in [0.25, 0.3) is 0 Å². The summed E-state index contributed by atoms with van der Waals surface area (Å²) in [6, 6.07) is 30.5. The summed E-state index contributed by atoms with van der Waals surface area (Å²) in [5.74, 6) is 0. The molecule has 0 bridgehead atoms. The van der Waals surface area contributed by atoms with Crippen LogP contribution < -0.4 is 0 Å². The van der Waals surface area contributed by atoms with Crippen LogP contribution in [0.4, 0.5) is 0 Å². The van der Waals surface area contributed by atoms with E-state index in [1.54, 1.807) is 0 Å². The van der Waals surface area contributed by atoms with Crippen molar-refractivity contribution in [2.45, 2.75) is 32.1 Å². The standard InChI is InChI=1S/C23H24/c1-3-10-20(11-4-1)14-9-17-22-15-7-8-16-23(22)19-18-21-12-5-2-6-13-21/h1-8,10-13,15-16H,9,14,17-19H2. The monoisotopic (exact) mass is 300 g/mol. The van der Waals surface area contributed by atoms with Crippen molar-refractivity contribution in [3.63, 3.8) is 0 Å². The van der Waals surface area contributed by atoms with Crippen LogP contribution in [0.1, 0.15) is 28.7 Å². The Hall–Kier alpha value is -2.34. The quantitative estimate of drug-likeness (QED) is 0.529. The summed E-state index contributed by atoms with van der Waals surface area (Å²) < 4.78 is 0. The Labute approximate surface area is 139 Å². The van der Waals surface area contributed by atoms with Crippen molar-refractivity contribution in [3.8, 4) is 0 Å². The number of benzene rings is 3. The second-order valence-electron chi connectivity index (χ2n) is 6.09. The van der Waals surface area contributed by atoms with Gasteiger partial charge >= 0.3 is 0 Å². The summed E-state index contributed by atoms with van der Waals surface area (Å²) in [7, 11) is 0. The molecule has 23 heavy (non-hydrogen) atoms. The molecule has 0 aliphatic rings. The second-order valence-corrected chi connectivity index (χ2v) is 6.09. The van der Waals surface area contributed by atoms with Crippen molar-refractivity contribution in [2.24, 2.45) is 0 Å². The summed E-state index contributed by atoms with van der Waals surface area (Å²) in [6.07, 6.45) is 5.79. The Bertz CT molecular complexity index is 698. The Kier molecular flexibility index (Phi) is 5.64. The van der Waals surface area contributed by atoms with Crippen LogP contribution in [0.5, 0.6) is 0 Å². The van der Waals surface area contributed by atoms with Crippen LogP contribution in [0.15, 0.2) is 84.9 Å². The van der Waals surface area contributed by atoms with E-state index in [4.69, 9.17) is 0 Å². The molecule has 0 N–H and O–H groups in total. The molecule has 0 radical (unpaired) electrons. The predicted molar refractivity (Wildman–Crippen MR) is 98.8 cm³/mol. The molecular formula is C23H24. The van der Waals surface area contributed by atoms with Crippen molar-refractivity contribution >= 4 is 0 Å². The molecule has 0 nitrogen and oxygen atoms in total. The molecule has 0 aliphatic carbocycles. The molecular weight excluding hydrogens is 276 g/mol. The maximum Gasteiger partial charge on any atom is -0.0236 e. The second kappa shape index (κ2) is 8.33. The van der Waals surface area contributed by atoms with Gasteiger partial charge < -0.3 is 0 Å². The number of hydrogen-bond acceptors (Lipinski definition) is 0. The van der Waals surface area contributed by atoms with Gasteiger partial charge in [0.15, 0.2) is 0 Å². The van der Waals surface area contributed by atoms with Gasteiger partial charge in [0.25, 0.3) is 0 Å². The minimum atomic E-state index is 1.12. The third-order valence-corrected chi connectivity index (χ3v) is 4.40. The number of rotatable bonds is 7. The van der Waals surface area contributed by atoms with Gasteiger partial charge in [-0.2, -0.15) is 0 Å². The highest BCUT2D eigenvalue weighted by molar-refractivity contribution is 5.29. The minimum absolute atomic E-state index is 1.12. The first-order chi connectivity index (χ1) is 11.4. The summed E-state index contributed by atoms with van der Waals surface area (Å²) in [4.78, 5) is 0. The number of hydrogen-bond donors (Lipinski definition) is 0. The van der Waals surface area contributed by atoms with Gasteiger partial charge in [-0.15, -0.1) is 0 Å². The lowest BCUT2D eigenvalue weighted by Gasteiger charge is -2.10. The average molecular weight is 300 g/mol. The van der Waals surface area contributed by atoms with Gasteiger partial charge in [-0.3, -0.25) is 0 Å². The van der Waals surface area contributed by atoms with Crippen molar-refractivity contribution in [2.75, 3.05) is 0 Å². The Morgan fingerprint density at radius 3 is 1.48 bits per heavy atom. The first-order valence-electron chi connectivity index (χ1n) is 8.56. The molecule has 116 valence electrons. The summed E-state index contributed by atoms with van der Waals surface area (Å²) >= 11 is 0. The molecule has 0 fully saturated rings. The topological polar surface area (TPSA) is 0 Å². The highest BCUT2D eigenvalue weighted by Gasteiger charge is 2.03. The fraction of sp³-hybridized carbons (Fsp3) is 0.217. The van der Waals surface area contributed by atoms with E-state index in [0.717, 1.165) is 19.3 Å². The van der Waals surface area contributed by atoms with E-state index in [2.05, 4.69) is 84.9 Å². The first-order valence-corrected chi connectivity index (χ1v) is 8.56. The third kappa shape index (κ3) is 4.82. The van der Waals surface area contributed by atoms with Gasteiger partial charge in [0.2, 0.25) is 0 Å². The molecule has 0 amide bonds. The van der Waals surface area contributed by atoms with Crippen LogP contribution in [0.3, 0.4) is 0 Å². The smallest absolute Gasteiger partial charge is 0.0236 e. The van der Waals surface area contributed by atoms with E-state index in [-0.39, 0.29) is 0 Å². The molecule has 0 spiro atoms. The van der Waals surface area contributed by atoms with E-state index in [1.165, 1.54) is 35.1 Å². The van der Waals surface area contributed by atoms with Crippen LogP contribution in [-0.4, -0.2) is 0 Å². The zero-order valence-electron chi connectivity index (χ0n) is 13.6. The highest BCUT2D eigenvalue weighted by atomic mass is 14.1. The van der Waals surface area contributed by atoms with E-state index in [9.17, 15) is 0 Å². The summed E-state index contributed by atoms with van der Waals surface area (Å²) in [6.45, 7) is 0. The van der Waals surface area contributed by atoms with Crippen molar-refractivity contribution in [1.82, 2.24) is 0 Å². The van der Waals surface area contributed by atoms with Crippen molar-refractivity contribution in [3.05, 3.63) is 107 Å². The van der Waals surface area contributed by atoms with Crippen molar-refractivity contribution in [1.29, 1.82) is 0 Å². The van der Waals surface area contributed by atoms with Gasteiger partial charge in [-0.05, 0) is 54.4 Å². The molecule has 0 heterocycles. The lowest BCUT2D eigenvalue weighted by atomic mass is 9.96. The molecule has 3 rings (SSSR count). The van der Waals surface area contributed by atoms with Crippen LogP contribution in [0.2, 0.25) is 0 Å². The maximum absolute atomic E-state index is 2.30. The van der Waals surface area contributed by atoms with Crippen LogP contribution in [-0.2, 0) is 25.7 Å². The SMILES string of the molecule is c1ccc(CCCc2ccccc2CCc2ccccc2)cc1. The molecule has 0 unspecified atom stereocenters. The predicted octanol–water partition coefficient (Wildman–Crippen LogP) is 5.65. The fourth-order valence-electron chi connectivity index (χ4n) is 3.10. The van der Waals surface area contributed by atoms with Gasteiger partial charge in [-0.25, -0.2) is 0 Å². The third-order valence-electron chi connectivity index (χ3n) is 4.40. The van der Waals surface area contributed by atoms with Gasteiger partial charge in [0.1, 0.15) is 0 Å². The molecule has 0 atom stereocenters. The summed E-state index contributed by atoms with van der Waals surface area (Å²) in [5, 5.41) is 0. The van der Waals surface area contributed by atoms with E-state index >= 15 is 0 Å². The zero-order valence-corrected chi connectivity index (χ0v) is 13.6. The van der Waals surface area contributed by atoms with Gasteiger partial charge in [0, 0.05) is 0 Å². The lowest BCUT2D eigenvalue weighted by Crippen LogP contribution is -1.98. The molecule has 0 saturated carbocycles. The van der Waals surface area contributed by atoms with E-state index in [1.807, 2.05) is 0 Å². The van der Waals surface area contributed by atoms with E-state index < -0.39 is 0 Å². The zero-order chi connectivity index (χ0) is 15.7.